The molecule has 0 aliphatic heterocycles. The van der Waals surface area contributed by atoms with Crippen molar-refractivity contribution in [1.82, 2.24) is 0 Å². The predicted molar refractivity (Wildman–Crippen MR) is 37.6 cm³/mol. The van der Waals surface area contributed by atoms with E-state index in [1.165, 1.54) is 7.11 Å². The van der Waals surface area contributed by atoms with Crippen molar-refractivity contribution in [2.75, 3.05) is 7.11 Å². The summed E-state index contributed by atoms with van der Waals surface area (Å²) in [6, 6.07) is 0. The van der Waals surface area contributed by atoms with Crippen LogP contribution in [-0.2, 0) is 9.53 Å². The van der Waals surface area contributed by atoms with Gasteiger partial charge in [0.15, 0.2) is 0 Å². The van der Waals surface area contributed by atoms with Gasteiger partial charge < -0.3 is 17.7 Å². The number of rotatable bonds is 2. The van der Waals surface area contributed by atoms with E-state index in [0.717, 1.165) is 0 Å². The first-order chi connectivity index (χ1) is 5.45. The van der Waals surface area contributed by atoms with Crippen LogP contribution in [0, 0.1) is 5.92 Å². The van der Waals surface area contributed by atoms with E-state index in [9.17, 15) is 17.7 Å². The Bertz CT molecular complexity index is 191. The summed E-state index contributed by atoms with van der Waals surface area (Å²) in [7, 11) is 1.19. The smallest absolute Gasteiger partial charge is 0.469 e. The Morgan fingerprint density at radius 3 is 2.15 bits per heavy atom. The summed E-state index contributed by atoms with van der Waals surface area (Å²) in [5, 5.41) is 0. The van der Waals surface area contributed by atoms with Gasteiger partial charge >= 0.3 is 64.3 Å². The zero-order chi connectivity index (χ0) is 9.35. The molecule has 0 saturated heterocycles. The van der Waals surface area contributed by atoms with Crippen LogP contribution in [0.15, 0.2) is 0 Å². The molecule has 0 aromatic heterocycles. The van der Waals surface area contributed by atoms with Crippen molar-refractivity contribution in [3.05, 3.63) is 0 Å². The van der Waals surface area contributed by atoms with Crippen LogP contribution < -0.4 is 51.4 Å². The molecule has 13 heavy (non-hydrogen) atoms. The molecule has 1 aliphatic rings. The Labute approximate surface area is 117 Å². The fourth-order valence-electron chi connectivity index (χ4n) is 1.33. The minimum atomic E-state index is -4.75. The van der Waals surface area contributed by atoms with E-state index in [1.807, 2.05) is 0 Å². The van der Waals surface area contributed by atoms with E-state index in [0.29, 0.717) is 0 Å². The molecule has 0 radical (unpaired) electrons. The summed E-state index contributed by atoms with van der Waals surface area (Å²) in [5.74, 6) is -2.29. The van der Waals surface area contributed by atoms with E-state index in [2.05, 4.69) is 4.74 Å². The molecular weight excluding hydrogens is 211 g/mol. The van der Waals surface area contributed by atoms with Crippen LogP contribution in [0.25, 0.3) is 0 Å². The maximum absolute atomic E-state index is 12.0. The fourth-order valence-corrected chi connectivity index (χ4v) is 1.33. The first kappa shape index (κ1) is 14.0. The number of ether oxygens (including phenoxy) is 1. The molecule has 0 spiro atoms. The van der Waals surface area contributed by atoms with E-state index in [4.69, 9.17) is 0 Å². The minimum absolute atomic E-state index is 0. The van der Waals surface area contributed by atoms with Gasteiger partial charge in [0.2, 0.25) is 0 Å². The van der Waals surface area contributed by atoms with Gasteiger partial charge in [-0.05, 0) is 0 Å². The first-order valence-corrected chi connectivity index (χ1v) is 3.73. The monoisotopic (exact) mass is 220 g/mol. The van der Waals surface area contributed by atoms with Crippen LogP contribution in [0.3, 0.4) is 0 Å². The molecule has 0 aromatic carbocycles. The SMILES string of the molecule is COC(=O)C1CC([B-](F)(F)F)C1.[K+]. The van der Waals surface area contributed by atoms with Gasteiger partial charge in [0, 0.05) is 0 Å². The van der Waals surface area contributed by atoms with Gasteiger partial charge in [0.05, 0.1) is 13.0 Å². The molecule has 2 nitrogen and oxygen atoms in total. The zero-order valence-corrected chi connectivity index (χ0v) is 10.7. The third-order valence-electron chi connectivity index (χ3n) is 2.24. The number of hydrogen-bond acceptors (Lipinski definition) is 2. The first-order valence-electron chi connectivity index (χ1n) is 3.73. The van der Waals surface area contributed by atoms with Gasteiger partial charge in [-0.25, -0.2) is 0 Å². The molecule has 0 atom stereocenters. The minimum Gasteiger partial charge on any atom is -0.469 e. The summed E-state index contributed by atoms with van der Waals surface area (Å²) >= 11 is 0. The average Bonchev–Trinajstić information content (AvgIpc) is 1.80. The molecule has 1 rings (SSSR count). The topological polar surface area (TPSA) is 26.3 Å². The molecule has 70 valence electrons. The molecule has 1 fully saturated rings. The van der Waals surface area contributed by atoms with Crippen LogP contribution in [0.5, 0.6) is 0 Å². The molecule has 0 heterocycles. The van der Waals surface area contributed by atoms with Crippen LogP contribution in [-0.4, -0.2) is 20.1 Å². The molecule has 1 saturated carbocycles. The number of halogens is 3. The van der Waals surface area contributed by atoms with Crippen molar-refractivity contribution in [1.29, 1.82) is 0 Å². The van der Waals surface area contributed by atoms with E-state index < -0.39 is 24.7 Å². The third-order valence-corrected chi connectivity index (χ3v) is 2.24. The number of carbonyl (C=O) groups is 1. The molecule has 0 unspecified atom stereocenters. The second-order valence-corrected chi connectivity index (χ2v) is 3.08. The van der Waals surface area contributed by atoms with Crippen LogP contribution in [0.1, 0.15) is 12.8 Å². The number of carbonyl (C=O) groups excluding carboxylic acids is 1. The Kier molecular flexibility index (Phi) is 5.54. The van der Waals surface area contributed by atoms with Gasteiger partial charge in [0.1, 0.15) is 0 Å². The quantitative estimate of drug-likeness (QED) is 0.431. The molecule has 0 aromatic rings. The van der Waals surface area contributed by atoms with Crippen molar-refractivity contribution in [3.63, 3.8) is 0 Å². The standard InChI is InChI=1S/C6H9BF3O2.K/c1-12-6(11)4-2-5(3-4)7(8,9)10;/h4-5H,2-3H2,1H3;/q-1;+1. The molecular formula is C6H9BF3KO2. The second-order valence-electron chi connectivity index (χ2n) is 3.08. The van der Waals surface area contributed by atoms with Gasteiger partial charge in [0.25, 0.3) is 0 Å². The van der Waals surface area contributed by atoms with Crippen LogP contribution in [0.2, 0.25) is 5.82 Å². The summed E-state index contributed by atoms with van der Waals surface area (Å²) in [6.07, 6.45) is -0.174. The van der Waals surface area contributed by atoms with Crippen LogP contribution >= 0.6 is 0 Å². The fraction of sp³-hybridized carbons (Fsp3) is 0.833. The predicted octanol–water partition coefficient (Wildman–Crippen LogP) is -1.21. The maximum Gasteiger partial charge on any atom is 1.00 e. The van der Waals surface area contributed by atoms with Gasteiger partial charge in [-0.2, -0.15) is 0 Å². The summed E-state index contributed by atoms with van der Waals surface area (Å²) in [5.41, 5.74) is 0. The van der Waals surface area contributed by atoms with E-state index >= 15 is 0 Å². The van der Waals surface area contributed by atoms with E-state index in [-0.39, 0.29) is 64.2 Å². The maximum atomic E-state index is 12.0. The molecule has 1 aliphatic carbocycles. The van der Waals surface area contributed by atoms with E-state index in [1.54, 1.807) is 0 Å². The summed E-state index contributed by atoms with van der Waals surface area (Å²) in [4.78, 5) is 10.7. The Morgan fingerprint density at radius 1 is 1.38 bits per heavy atom. The summed E-state index contributed by atoms with van der Waals surface area (Å²) < 4.78 is 40.2. The Balaban J connectivity index is 0.00000144. The second kappa shape index (κ2) is 5.16. The Morgan fingerprint density at radius 2 is 1.85 bits per heavy atom. The number of methoxy groups -OCH3 is 1. The molecule has 0 N–H and O–H groups in total. The molecule has 7 heteroatoms. The third kappa shape index (κ3) is 3.54. The van der Waals surface area contributed by atoms with Crippen molar-refractivity contribution >= 4 is 12.9 Å². The number of esters is 1. The van der Waals surface area contributed by atoms with Crippen molar-refractivity contribution in [2.24, 2.45) is 5.92 Å². The van der Waals surface area contributed by atoms with Crippen molar-refractivity contribution in [2.45, 2.75) is 18.7 Å². The van der Waals surface area contributed by atoms with Gasteiger partial charge in [-0.1, -0.05) is 18.7 Å². The molecule has 0 bridgehead atoms. The van der Waals surface area contributed by atoms with Crippen molar-refractivity contribution in [3.8, 4) is 0 Å². The average molecular weight is 220 g/mol. The molecule has 0 amide bonds. The van der Waals surface area contributed by atoms with Gasteiger partial charge in [-0.3, -0.25) is 4.79 Å². The normalized spacial score (nSPS) is 27.1. The Hall–Kier alpha value is 0.961. The number of hydrogen-bond donors (Lipinski definition) is 0. The summed E-state index contributed by atoms with van der Waals surface area (Å²) in [6.45, 7) is -4.75. The zero-order valence-electron chi connectivity index (χ0n) is 7.60. The largest absolute Gasteiger partial charge is 1.00 e. The van der Waals surface area contributed by atoms with Gasteiger partial charge in [-0.15, -0.1) is 0 Å². The van der Waals surface area contributed by atoms with Crippen molar-refractivity contribution < 1.29 is 73.9 Å². The van der Waals surface area contributed by atoms with Crippen LogP contribution in [0.4, 0.5) is 12.9 Å².